The maximum Gasteiger partial charge on any atom is 0.270 e. The fourth-order valence-corrected chi connectivity index (χ4v) is 5.90. The zero-order valence-electron chi connectivity index (χ0n) is 24.4. The van der Waals surface area contributed by atoms with Crippen LogP contribution in [-0.4, -0.2) is 50.4 Å². The molecule has 2 N–H and O–H groups in total. The first kappa shape index (κ1) is 28.9. The molecule has 44 heavy (non-hydrogen) atoms. The van der Waals surface area contributed by atoms with Crippen LogP contribution < -0.4 is 15.4 Å². The van der Waals surface area contributed by atoms with Crippen molar-refractivity contribution in [3.8, 4) is 5.75 Å². The lowest BCUT2D eigenvalue weighted by atomic mass is 9.94. The molecule has 11 nitrogen and oxygen atoms in total. The molecule has 0 unspecified atom stereocenters. The monoisotopic (exact) mass is 593 g/mol. The first-order chi connectivity index (χ1) is 21.2. The molecule has 2 aromatic carbocycles. The number of hydrogen-bond donors (Lipinski definition) is 2. The molecule has 1 aliphatic heterocycles. The van der Waals surface area contributed by atoms with Crippen molar-refractivity contribution in [2.24, 2.45) is 0 Å². The Morgan fingerprint density at radius 3 is 2.70 bits per heavy atom. The molecule has 2 aliphatic rings. The number of ether oxygens (including phenoxy) is 1. The summed E-state index contributed by atoms with van der Waals surface area (Å²) in [6, 6.07) is 11.9. The van der Waals surface area contributed by atoms with Crippen molar-refractivity contribution in [2.45, 2.75) is 58.5 Å². The Morgan fingerprint density at radius 2 is 1.89 bits per heavy atom. The Balaban J connectivity index is 1.18. The van der Waals surface area contributed by atoms with Crippen molar-refractivity contribution in [3.05, 3.63) is 93.4 Å². The van der Waals surface area contributed by atoms with Crippen molar-refractivity contribution < 1.29 is 28.7 Å². The molecule has 2 aromatic heterocycles. The molecule has 0 saturated heterocycles. The fourth-order valence-electron chi connectivity index (χ4n) is 5.90. The lowest BCUT2D eigenvalue weighted by Crippen LogP contribution is -2.30. The summed E-state index contributed by atoms with van der Waals surface area (Å²) in [4.78, 5) is 67.0. The predicted octanol–water partition coefficient (Wildman–Crippen LogP) is 3.44. The molecule has 11 heteroatoms. The summed E-state index contributed by atoms with van der Waals surface area (Å²) in [5.74, 6) is -0.288. The number of carbonyl (C=O) groups is 5. The van der Waals surface area contributed by atoms with E-state index >= 15 is 0 Å². The van der Waals surface area contributed by atoms with Gasteiger partial charge in [-0.1, -0.05) is 18.2 Å². The summed E-state index contributed by atoms with van der Waals surface area (Å²) in [6.45, 7) is 3.65. The molecule has 0 saturated carbocycles. The fraction of sp³-hybridized carbons (Fsp3) is 0.303. The number of benzene rings is 2. The van der Waals surface area contributed by atoms with Crippen molar-refractivity contribution in [2.75, 3.05) is 6.61 Å². The average Bonchev–Trinajstić information content (AvgIpc) is 3.65. The van der Waals surface area contributed by atoms with E-state index in [1.54, 1.807) is 18.2 Å². The first-order valence-corrected chi connectivity index (χ1v) is 14.5. The van der Waals surface area contributed by atoms with E-state index in [4.69, 9.17) is 4.74 Å². The number of ketones is 3. The number of nitrogens with zero attached hydrogens (tertiary/aromatic N) is 3. The molecule has 4 aromatic rings. The van der Waals surface area contributed by atoms with Crippen LogP contribution in [0.25, 0.3) is 5.65 Å². The molecule has 0 spiro atoms. The number of amides is 2. The van der Waals surface area contributed by atoms with Crippen LogP contribution in [0.2, 0.25) is 0 Å². The minimum atomic E-state index is -0.461. The number of Topliss-reactive ketones (excluding diaryl/α,β-unsaturated/α-hetero) is 3. The van der Waals surface area contributed by atoms with Crippen molar-refractivity contribution in [3.63, 3.8) is 0 Å². The van der Waals surface area contributed by atoms with E-state index in [1.165, 1.54) is 23.7 Å². The van der Waals surface area contributed by atoms with Crippen LogP contribution in [0.3, 0.4) is 0 Å². The van der Waals surface area contributed by atoms with Crippen molar-refractivity contribution in [1.82, 2.24) is 25.2 Å². The van der Waals surface area contributed by atoms with Crippen LogP contribution in [0, 0.1) is 6.92 Å². The normalized spacial score (nSPS) is 15.3. The van der Waals surface area contributed by atoms with Gasteiger partial charge in [0.1, 0.15) is 29.5 Å². The number of aromatic nitrogens is 3. The van der Waals surface area contributed by atoms with E-state index in [2.05, 4.69) is 20.7 Å². The van der Waals surface area contributed by atoms with E-state index in [0.29, 0.717) is 36.2 Å². The van der Waals surface area contributed by atoms with Gasteiger partial charge < -0.3 is 20.2 Å². The Bertz CT molecular complexity index is 1860. The van der Waals surface area contributed by atoms with E-state index in [1.807, 2.05) is 25.1 Å². The number of carbonyl (C=O) groups excluding carboxylic acids is 5. The van der Waals surface area contributed by atoms with Crippen LogP contribution in [0.1, 0.15) is 91.4 Å². The van der Waals surface area contributed by atoms with Crippen LogP contribution >= 0.6 is 0 Å². The summed E-state index contributed by atoms with van der Waals surface area (Å²) in [6.07, 6.45) is 3.55. The average molecular weight is 594 g/mol. The van der Waals surface area contributed by atoms with Gasteiger partial charge >= 0.3 is 0 Å². The lowest BCUT2D eigenvalue weighted by molar-refractivity contribution is -0.121. The number of fused-ring (bicyclic) bond motifs is 3. The Kier molecular flexibility index (Phi) is 7.77. The Labute approximate surface area is 253 Å². The van der Waals surface area contributed by atoms with Gasteiger partial charge in [0.25, 0.3) is 11.8 Å². The third-order valence-corrected chi connectivity index (χ3v) is 8.18. The van der Waals surface area contributed by atoms with Crippen LogP contribution in [0.4, 0.5) is 0 Å². The highest BCUT2D eigenvalue weighted by Gasteiger charge is 2.29. The van der Waals surface area contributed by atoms with Gasteiger partial charge in [-0.2, -0.15) is 5.10 Å². The topological polar surface area (TPSA) is 149 Å². The van der Waals surface area contributed by atoms with Gasteiger partial charge in [-0.15, -0.1) is 0 Å². The quantitative estimate of drug-likeness (QED) is 0.281. The van der Waals surface area contributed by atoms with Crippen LogP contribution in [0.15, 0.2) is 48.7 Å². The number of rotatable bonds is 9. The highest BCUT2D eigenvalue weighted by molar-refractivity contribution is 6.00. The zero-order valence-corrected chi connectivity index (χ0v) is 24.4. The molecule has 0 radical (unpaired) electrons. The van der Waals surface area contributed by atoms with Gasteiger partial charge in [-0.3, -0.25) is 19.2 Å². The number of hydrogen-bond acceptors (Lipinski definition) is 8. The number of nitrogens with one attached hydrogen (secondary N) is 2. The highest BCUT2D eigenvalue weighted by Crippen LogP contribution is 2.35. The van der Waals surface area contributed by atoms with E-state index < -0.39 is 11.8 Å². The van der Waals surface area contributed by atoms with Gasteiger partial charge in [-0.05, 0) is 61.1 Å². The van der Waals surface area contributed by atoms with Gasteiger partial charge in [0.15, 0.2) is 17.2 Å². The summed E-state index contributed by atoms with van der Waals surface area (Å²) >= 11 is 0. The second-order valence-electron chi connectivity index (χ2n) is 11.3. The predicted molar refractivity (Wildman–Crippen MR) is 159 cm³/mol. The maximum absolute atomic E-state index is 13.6. The second-order valence-corrected chi connectivity index (χ2v) is 11.3. The molecule has 3 heterocycles. The molecule has 224 valence electrons. The molecular formula is C33H31N5O6. The van der Waals surface area contributed by atoms with E-state index in [-0.39, 0.29) is 60.8 Å². The Hall–Kier alpha value is -5.19. The summed E-state index contributed by atoms with van der Waals surface area (Å²) in [7, 11) is 0. The van der Waals surface area contributed by atoms with Crippen molar-refractivity contribution >= 4 is 34.8 Å². The lowest BCUT2D eigenvalue weighted by Gasteiger charge is -2.17. The minimum absolute atomic E-state index is 0.0000263. The van der Waals surface area contributed by atoms with Gasteiger partial charge in [0.2, 0.25) is 0 Å². The maximum atomic E-state index is 13.6. The second kappa shape index (κ2) is 11.8. The van der Waals surface area contributed by atoms with Crippen molar-refractivity contribution in [1.29, 1.82) is 0 Å². The summed E-state index contributed by atoms with van der Waals surface area (Å²) in [5, 5.41) is 10.2. The van der Waals surface area contributed by atoms with Crippen LogP contribution in [-0.2, 0) is 29.0 Å². The largest absolute Gasteiger partial charge is 0.486 e. The van der Waals surface area contributed by atoms with Crippen LogP contribution in [0.5, 0.6) is 5.75 Å². The van der Waals surface area contributed by atoms with Gasteiger partial charge in [0, 0.05) is 49.1 Å². The smallest absolute Gasteiger partial charge is 0.270 e. The van der Waals surface area contributed by atoms with E-state index in [0.717, 1.165) is 27.8 Å². The molecule has 6 rings (SSSR count). The molecule has 0 bridgehead atoms. The SMILES string of the molecule is CC(=O)CCC(=O)c1ccc2c(c1C)CC[C@@H]2NC(=O)c1cc(C(=O)NCc2ccc3c(c2)CC(=O)CO3)nc2ccnn12. The van der Waals surface area contributed by atoms with Gasteiger partial charge in [0.05, 0.1) is 12.2 Å². The summed E-state index contributed by atoms with van der Waals surface area (Å²) < 4.78 is 6.83. The molecular weight excluding hydrogens is 562 g/mol. The first-order valence-electron chi connectivity index (χ1n) is 14.5. The molecule has 0 fully saturated rings. The highest BCUT2D eigenvalue weighted by atomic mass is 16.5. The molecule has 2 amide bonds. The molecule has 1 aliphatic carbocycles. The Morgan fingerprint density at radius 1 is 1.05 bits per heavy atom. The third-order valence-electron chi connectivity index (χ3n) is 8.18. The molecule has 1 atom stereocenters. The van der Waals surface area contributed by atoms with Gasteiger partial charge in [-0.25, -0.2) is 9.50 Å². The minimum Gasteiger partial charge on any atom is -0.486 e. The third kappa shape index (κ3) is 5.72. The zero-order chi connectivity index (χ0) is 31.0. The standard InChI is InChI=1S/C33H31N5O6/c1-18(39)3-9-29(41)24-5-6-25-23(19(24)2)7-8-26(25)37-33(43)28-15-27(36-31-11-12-35-38(28)31)32(42)34-16-20-4-10-30-21(13-20)14-22(40)17-44-30/h4-6,10-13,15,26H,3,7-9,14,16-17H2,1-2H3,(H,34,42)(H,37,43)/t26-/m0/s1. The summed E-state index contributed by atoms with van der Waals surface area (Å²) in [5.41, 5.74) is 5.62. The van der Waals surface area contributed by atoms with E-state index in [9.17, 15) is 24.0 Å².